The SMILES string of the molecule is Cc1nc(C(=O)N2CCN(C(=O)O)C[C@H]2C(c2ccccc2)C(C)(C)C)c(-c2ccccc2)n1-c1cccc(N2CCOCC2)c1. The van der Waals surface area contributed by atoms with Crippen LogP contribution in [0.4, 0.5) is 10.5 Å². The second kappa shape index (κ2) is 13.0. The van der Waals surface area contributed by atoms with Gasteiger partial charge < -0.3 is 24.5 Å². The number of rotatable bonds is 6. The van der Waals surface area contributed by atoms with Gasteiger partial charge in [0, 0.05) is 55.6 Å². The van der Waals surface area contributed by atoms with Crippen LogP contribution in [0.2, 0.25) is 0 Å². The van der Waals surface area contributed by atoms with E-state index in [0.29, 0.717) is 24.7 Å². The number of aromatic nitrogens is 2. The molecule has 240 valence electrons. The van der Waals surface area contributed by atoms with Crippen molar-refractivity contribution < 1.29 is 19.4 Å². The number of benzene rings is 3. The number of carbonyl (C=O) groups excluding carboxylic acids is 1. The topological polar surface area (TPSA) is 91.1 Å². The van der Waals surface area contributed by atoms with E-state index in [0.717, 1.165) is 41.3 Å². The number of hydrogen-bond acceptors (Lipinski definition) is 5. The molecule has 9 heteroatoms. The Bertz CT molecular complexity index is 1680. The third kappa shape index (κ3) is 6.24. The number of anilines is 1. The fraction of sp³-hybridized carbons (Fsp3) is 0.378. The standard InChI is InChI=1S/C37H43N5O4/c1-26-38-33(34(28-14-9-6-10-15-28)42(26)30-17-11-16-29(24-30)39-20-22-46-23-21-39)35(43)41-19-18-40(36(44)45)25-31(41)32(37(2,3)4)27-12-7-5-8-13-27/h5-17,24,31-32H,18-23,25H2,1-4H3,(H,44,45)/t31-,32?/m0/s1. The van der Waals surface area contributed by atoms with Gasteiger partial charge in [-0.15, -0.1) is 0 Å². The number of carboxylic acid groups (broad SMARTS) is 1. The van der Waals surface area contributed by atoms with Gasteiger partial charge in [-0.1, -0.05) is 87.5 Å². The lowest BCUT2D eigenvalue weighted by Gasteiger charge is -2.48. The Morgan fingerprint density at radius 1 is 0.870 bits per heavy atom. The van der Waals surface area contributed by atoms with Gasteiger partial charge in [0.2, 0.25) is 0 Å². The van der Waals surface area contributed by atoms with Crippen molar-refractivity contribution in [3.63, 3.8) is 0 Å². The first-order valence-corrected chi connectivity index (χ1v) is 16.0. The summed E-state index contributed by atoms with van der Waals surface area (Å²) in [7, 11) is 0. The van der Waals surface area contributed by atoms with Gasteiger partial charge in [-0.05, 0) is 36.1 Å². The van der Waals surface area contributed by atoms with E-state index in [1.807, 2.05) is 66.4 Å². The van der Waals surface area contributed by atoms with Crippen LogP contribution < -0.4 is 4.90 Å². The van der Waals surface area contributed by atoms with Gasteiger partial charge in [0.1, 0.15) is 5.82 Å². The number of morpholine rings is 1. The van der Waals surface area contributed by atoms with E-state index in [9.17, 15) is 14.7 Å². The van der Waals surface area contributed by atoms with Crippen molar-refractivity contribution in [2.24, 2.45) is 5.41 Å². The summed E-state index contributed by atoms with van der Waals surface area (Å²) >= 11 is 0. The average Bonchev–Trinajstić information content (AvgIpc) is 3.42. The third-order valence-corrected chi connectivity index (χ3v) is 9.19. The summed E-state index contributed by atoms with van der Waals surface area (Å²) in [6.07, 6.45) is -0.969. The Balaban J connectivity index is 1.47. The summed E-state index contributed by atoms with van der Waals surface area (Å²) in [4.78, 5) is 37.8. The molecule has 3 heterocycles. The zero-order valence-electron chi connectivity index (χ0n) is 27.1. The van der Waals surface area contributed by atoms with Crippen LogP contribution in [0.15, 0.2) is 84.9 Å². The summed E-state index contributed by atoms with van der Waals surface area (Å²) in [6, 6.07) is 28.0. The molecule has 2 aliphatic heterocycles. The number of nitrogens with zero attached hydrogens (tertiary/aromatic N) is 5. The van der Waals surface area contributed by atoms with Crippen molar-refractivity contribution in [2.75, 3.05) is 50.8 Å². The smallest absolute Gasteiger partial charge is 0.407 e. The Morgan fingerprint density at radius 2 is 1.52 bits per heavy atom. The molecule has 2 amide bonds. The molecule has 9 nitrogen and oxygen atoms in total. The minimum absolute atomic E-state index is 0.117. The van der Waals surface area contributed by atoms with Gasteiger partial charge in [-0.25, -0.2) is 9.78 Å². The maximum atomic E-state index is 14.9. The number of ether oxygens (including phenoxy) is 1. The van der Waals surface area contributed by atoms with E-state index in [4.69, 9.17) is 9.72 Å². The number of amides is 2. The van der Waals surface area contributed by atoms with Crippen LogP contribution in [0.1, 0.15) is 48.6 Å². The average molecular weight is 622 g/mol. The van der Waals surface area contributed by atoms with Crippen LogP contribution >= 0.6 is 0 Å². The monoisotopic (exact) mass is 621 g/mol. The van der Waals surface area contributed by atoms with Crippen molar-refractivity contribution in [1.29, 1.82) is 0 Å². The lowest BCUT2D eigenvalue weighted by molar-refractivity contribution is 0.0279. The van der Waals surface area contributed by atoms with Crippen molar-refractivity contribution >= 4 is 17.7 Å². The maximum absolute atomic E-state index is 14.9. The first kappa shape index (κ1) is 31.4. The number of hydrogen-bond donors (Lipinski definition) is 1. The zero-order valence-corrected chi connectivity index (χ0v) is 27.1. The van der Waals surface area contributed by atoms with E-state index >= 15 is 0 Å². The highest BCUT2D eigenvalue weighted by atomic mass is 16.5. The molecule has 4 aromatic rings. The first-order chi connectivity index (χ1) is 22.1. The van der Waals surface area contributed by atoms with Crippen LogP contribution in [0.3, 0.4) is 0 Å². The van der Waals surface area contributed by atoms with Crippen LogP contribution in [0, 0.1) is 12.3 Å². The van der Waals surface area contributed by atoms with E-state index < -0.39 is 12.1 Å². The molecule has 0 aliphatic carbocycles. The molecule has 46 heavy (non-hydrogen) atoms. The predicted molar refractivity (Wildman–Crippen MR) is 180 cm³/mol. The van der Waals surface area contributed by atoms with E-state index in [-0.39, 0.29) is 36.9 Å². The summed E-state index contributed by atoms with van der Waals surface area (Å²) < 4.78 is 7.66. The lowest BCUT2D eigenvalue weighted by atomic mass is 9.71. The molecule has 0 radical (unpaired) electrons. The lowest BCUT2D eigenvalue weighted by Crippen LogP contribution is -2.59. The quantitative estimate of drug-likeness (QED) is 0.271. The summed E-state index contributed by atoms with van der Waals surface area (Å²) in [6.45, 7) is 12.2. The minimum atomic E-state index is -0.969. The van der Waals surface area contributed by atoms with E-state index in [2.05, 4.69) is 60.6 Å². The highest BCUT2D eigenvalue weighted by molar-refractivity contribution is 5.99. The Labute approximate surface area is 271 Å². The molecule has 0 saturated carbocycles. The van der Waals surface area contributed by atoms with Crippen molar-refractivity contribution in [3.05, 3.63) is 102 Å². The van der Waals surface area contributed by atoms with E-state index in [1.54, 1.807) is 0 Å². The van der Waals surface area contributed by atoms with E-state index in [1.165, 1.54) is 4.90 Å². The minimum Gasteiger partial charge on any atom is -0.465 e. The molecule has 2 aliphatic rings. The first-order valence-electron chi connectivity index (χ1n) is 16.0. The molecule has 2 saturated heterocycles. The van der Waals surface area contributed by atoms with Gasteiger partial charge in [0.05, 0.1) is 24.9 Å². The third-order valence-electron chi connectivity index (χ3n) is 9.19. The van der Waals surface area contributed by atoms with Crippen LogP contribution in [0.25, 0.3) is 16.9 Å². The molecule has 0 spiro atoms. The second-order valence-electron chi connectivity index (χ2n) is 13.2. The maximum Gasteiger partial charge on any atom is 0.407 e. The molecule has 1 unspecified atom stereocenters. The Kier molecular flexibility index (Phi) is 8.86. The summed E-state index contributed by atoms with van der Waals surface area (Å²) in [5, 5.41) is 10.0. The largest absolute Gasteiger partial charge is 0.465 e. The van der Waals surface area contributed by atoms with Gasteiger partial charge in [0.15, 0.2) is 5.69 Å². The molecule has 1 aromatic heterocycles. The van der Waals surface area contributed by atoms with Crippen molar-refractivity contribution in [3.8, 4) is 16.9 Å². The molecule has 6 rings (SSSR count). The van der Waals surface area contributed by atoms with Crippen LogP contribution in [-0.4, -0.2) is 88.4 Å². The molecule has 1 N–H and O–H groups in total. The zero-order chi connectivity index (χ0) is 32.4. The highest BCUT2D eigenvalue weighted by Gasteiger charge is 2.44. The van der Waals surface area contributed by atoms with Crippen LogP contribution in [0.5, 0.6) is 0 Å². The van der Waals surface area contributed by atoms with Crippen molar-refractivity contribution in [2.45, 2.75) is 39.7 Å². The van der Waals surface area contributed by atoms with Crippen molar-refractivity contribution in [1.82, 2.24) is 19.4 Å². The molecule has 2 atom stereocenters. The van der Waals surface area contributed by atoms with Gasteiger partial charge in [0.25, 0.3) is 5.91 Å². The molecular weight excluding hydrogens is 578 g/mol. The highest BCUT2D eigenvalue weighted by Crippen LogP contribution is 2.42. The molecule has 2 fully saturated rings. The number of aryl methyl sites for hydroxylation is 1. The predicted octanol–water partition coefficient (Wildman–Crippen LogP) is 6.32. The number of carbonyl (C=O) groups is 2. The van der Waals surface area contributed by atoms with Gasteiger partial charge in [-0.2, -0.15) is 0 Å². The summed E-state index contributed by atoms with van der Waals surface area (Å²) in [5.74, 6) is 0.399. The van der Waals surface area contributed by atoms with Gasteiger partial charge in [-0.3, -0.25) is 9.36 Å². The molecule has 0 bridgehead atoms. The van der Waals surface area contributed by atoms with Gasteiger partial charge >= 0.3 is 6.09 Å². The normalized spacial score (nSPS) is 18.0. The van der Waals surface area contributed by atoms with Crippen LogP contribution in [-0.2, 0) is 4.74 Å². The summed E-state index contributed by atoms with van der Waals surface area (Å²) in [5.41, 5.74) is 4.83. The molecular formula is C37H43N5O4. The fourth-order valence-electron chi connectivity index (χ4n) is 7.13. The molecule has 3 aromatic carbocycles. The Morgan fingerprint density at radius 3 is 2.17 bits per heavy atom. The fourth-order valence-corrected chi connectivity index (χ4v) is 7.13. The Hall–Kier alpha value is -4.63. The number of piperazine rings is 1. The number of imidazole rings is 1. The second-order valence-corrected chi connectivity index (χ2v) is 13.2.